The Morgan fingerprint density at radius 3 is 2.14 bits per heavy atom. The topological polar surface area (TPSA) is 57.2 Å². The Morgan fingerprint density at radius 2 is 1.64 bits per heavy atom. The molecule has 0 amide bonds. The van der Waals surface area contributed by atoms with E-state index in [2.05, 4.69) is 6.92 Å². The third-order valence-electron chi connectivity index (χ3n) is 4.65. The van der Waals surface area contributed by atoms with Gasteiger partial charge in [-0.3, -0.25) is 0 Å². The summed E-state index contributed by atoms with van der Waals surface area (Å²) >= 11 is 0. The number of esters is 1. The van der Waals surface area contributed by atoms with Crippen molar-refractivity contribution < 1.29 is 23.7 Å². The average molecular weight is 387 g/mol. The van der Waals surface area contributed by atoms with Crippen LogP contribution in [-0.2, 0) is 4.74 Å². The minimum atomic E-state index is -0.433. The van der Waals surface area contributed by atoms with Crippen LogP contribution < -0.4 is 19.1 Å². The number of hydrogen-bond acceptors (Lipinski definition) is 6. The van der Waals surface area contributed by atoms with E-state index in [1.165, 1.54) is 21.3 Å². The molecule has 1 atom stereocenters. The molecule has 2 rings (SSSR count). The molecule has 0 saturated carbocycles. The standard InChI is InChI=1S/C22H29NO5/c1-7-15(16-11-9-8-10-12-16)14-28-22(24)17-13-18(25-4)20(26-5)21(27-6)19(17)23(2)3/h8-13,15H,7,14H2,1-6H3. The minimum absolute atomic E-state index is 0.134. The smallest absolute Gasteiger partial charge is 0.340 e. The van der Waals surface area contributed by atoms with Gasteiger partial charge in [-0.25, -0.2) is 4.79 Å². The molecule has 1 unspecified atom stereocenters. The first kappa shape index (κ1) is 21.4. The average Bonchev–Trinajstić information content (AvgIpc) is 2.72. The molecule has 0 heterocycles. The third kappa shape index (κ3) is 4.50. The van der Waals surface area contributed by atoms with Gasteiger partial charge in [0, 0.05) is 26.1 Å². The van der Waals surface area contributed by atoms with Gasteiger partial charge in [0.2, 0.25) is 5.75 Å². The highest BCUT2D eigenvalue weighted by molar-refractivity contribution is 5.99. The molecule has 0 aromatic heterocycles. The van der Waals surface area contributed by atoms with Crippen molar-refractivity contribution in [1.82, 2.24) is 0 Å². The number of rotatable bonds is 9. The summed E-state index contributed by atoms with van der Waals surface area (Å²) in [6.07, 6.45) is 0.868. The van der Waals surface area contributed by atoms with Crippen LogP contribution in [0.4, 0.5) is 5.69 Å². The van der Waals surface area contributed by atoms with E-state index in [0.717, 1.165) is 12.0 Å². The monoisotopic (exact) mass is 387 g/mol. The van der Waals surface area contributed by atoms with Gasteiger partial charge in [0.05, 0.1) is 39.2 Å². The largest absolute Gasteiger partial charge is 0.493 e. The van der Waals surface area contributed by atoms with Crippen LogP contribution in [0.2, 0.25) is 0 Å². The molecule has 0 aliphatic carbocycles. The number of anilines is 1. The summed E-state index contributed by atoms with van der Waals surface area (Å²) in [5.74, 6) is 0.967. The van der Waals surface area contributed by atoms with E-state index in [4.69, 9.17) is 18.9 Å². The summed E-state index contributed by atoms with van der Waals surface area (Å²) in [4.78, 5) is 14.8. The highest BCUT2D eigenvalue weighted by Gasteiger charge is 2.27. The molecule has 152 valence electrons. The summed E-state index contributed by atoms with van der Waals surface area (Å²) in [6.45, 7) is 2.37. The first-order valence-electron chi connectivity index (χ1n) is 9.20. The van der Waals surface area contributed by atoms with E-state index in [-0.39, 0.29) is 5.92 Å². The van der Waals surface area contributed by atoms with Crippen LogP contribution in [0.1, 0.15) is 35.2 Å². The van der Waals surface area contributed by atoms with Crippen LogP contribution in [0.15, 0.2) is 36.4 Å². The van der Waals surface area contributed by atoms with Crippen molar-refractivity contribution in [3.63, 3.8) is 0 Å². The summed E-state index contributed by atoms with van der Waals surface area (Å²) < 4.78 is 22.0. The SMILES string of the molecule is CCC(COC(=O)c1cc(OC)c(OC)c(OC)c1N(C)C)c1ccccc1. The molecule has 2 aromatic rings. The molecule has 0 saturated heterocycles. The van der Waals surface area contributed by atoms with Gasteiger partial charge in [0.1, 0.15) is 0 Å². The highest BCUT2D eigenvalue weighted by Crippen LogP contribution is 2.46. The van der Waals surface area contributed by atoms with Gasteiger partial charge in [0.25, 0.3) is 0 Å². The molecule has 0 spiro atoms. The van der Waals surface area contributed by atoms with Gasteiger partial charge in [0.15, 0.2) is 11.5 Å². The van der Waals surface area contributed by atoms with Gasteiger partial charge in [-0.05, 0) is 12.0 Å². The van der Waals surface area contributed by atoms with E-state index >= 15 is 0 Å². The maximum absolute atomic E-state index is 13.0. The summed E-state index contributed by atoms with van der Waals surface area (Å²) in [6, 6.07) is 11.7. The molecule has 0 radical (unpaired) electrons. The second-order valence-corrected chi connectivity index (χ2v) is 6.55. The van der Waals surface area contributed by atoms with Crippen molar-refractivity contribution >= 4 is 11.7 Å². The highest BCUT2D eigenvalue weighted by atomic mass is 16.5. The first-order valence-corrected chi connectivity index (χ1v) is 9.20. The maximum Gasteiger partial charge on any atom is 0.340 e. The van der Waals surface area contributed by atoms with Crippen LogP contribution in [-0.4, -0.2) is 48.0 Å². The van der Waals surface area contributed by atoms with Crippen molar-refractivity contribution in [2.45, 2.75) is 19.3 Å². The Kier molecular flexibility index (Phi) is 7.55. The normalized spacial score (nSPS) is 11.5. The lowest BCUT2D eigenvalue weighted by Crippen LogP contribution is -2.19. The van der Waals surface area contributed by atoms with Crippen molar-refractivity contribution in [1.29, 1.82) is 0 Å². The molecule has 2 aromatic carbocycles. The Labute approximate surface area is 167 Å². The molecule has 6 heteroatoms. The van der Waals surface area contributed by atoms with Crippen LogP contribution in [0.25, 0.3) is 0 Å². The third-order valence-corrected chi connectivity index (χ3v) is 4.65. The van der Waals surface area contributed by atoms with Crippen molar-refractivity contribution in [2.24, 2.45) is 0 Å². The molecule has 28 heavy (non-hydrogen) atoms. The zero-order valence-corrected chi connectivity index (χ0v) is 17.4. The van der Waals surface area contributed by atoms with E-state index in [1.807, 2.05) is 44.4 Å². The van der Waals surface area contributed by atoms with Crippen LogP contribution in [0, 0.1) is 0 Å². The second-order valence-electron chi connectivity index (χ2n) is 6.55. The van der Waals surface area contributed by atoms with Crippen molar-refractivity contribution in [3.05, 3.63) is 47.5 Å². The van der Waals surface area contributed by atoms with E-state index < -0.39 is 5.97 Å². The zero-order chi connectivity index (χ0) is 20.7. The number of nitrogens with zero attached hydrogens (tertiary/aromatic N) is 1. The Morgan fingerprint density at radius 1 is 1.00 bits per heavy atom. The number of carbonyl (C=O) groups excluding carboxylic acids is 1. The number of benzene rings is 2. The lowest BCUT2D eigenvalue weighted by Gasteiger charge is -2.24. The molecule has 6 nitrogen and oxygen atoms in total. The summed E-state index contributed by atoms with van der Waals surface area (Å²) in [5, 5.41) is 0. The predicted molar refractivity (Wildman–Crippen MR) is 110 cm³/mol. The molecule has 0 aliphatic rings. The number of methoxy groups -OCH3 is 3. The molecule has 0 bridgehead atoms. The second kappa shape index (κ2) is 9.88. The van der Waals surface area contributed by atoms with Gasteiger partial charge < -0.3 is 23.8 Å². The minimum Gasteiger partial charge on any atom is -0.493 e. The summed E-state index contributed by atoms with van der Waals surface area (Å²) in [5.41, 5.74) is 2.09. The Bertz CT molecular complexity index is 789. The lowest BCUT2D eigenvalue weighted by atomic mass is 9.97. The Hall–Kier alpha value is -2.89. The predicted octanol–water partition coefficient (Wildman–Crippen LogP) is 4.13. The fourth-order valence-corrected chi connectivity index (χ4v) is 3.17. The van der Waals surface area contributed by atoms with Gasteiger partial charge >= 0.3 is 5.97 Å². The van der Waals surface area contributed by atoms with E-state index in [1.54, 1.807) is 11.0 Å². The lowest BCUT2D eigenvalue weighted by molar-refractivity contribution is 0.0477. The molecule has 0 fully saturated rings. The van der Waals surface area contributed by atoms with Crippen LogP contribution in [0.5, 0.6) is 17.2 Å². The van der Waals surface area contributed by atoms with Gasteiger partial charge in [-0.2, -0.15) is 0 Å². The number of ether oxygens (including phenoxy) is 4. The van der Waals surface area contributed by atoms with E-state index in [0.29, 0.717) is 35.1 Å². The van der Waals surface area contributed by atoms with Crippen molar-refractivity contribution in [3.8, 4) is 17.2 Å². The fourth-order valence-electron chi connectivity index (χ4n) is 3.17. The molecule has 0 aliphatic heterocycles. The van der Waals surface area contributed by atoms with Gasteiger partial charge in [-0.1, -0.05) is 37.3 Å². The van der Waals surface area contributed by atoms with Crippen LogP contribution in [0.3, 0.4) is 0 Å². The molecular weight excluding hydrogens is 358 g/mol. The first-order chi connectivity index (χ1) is 13.5. The van der Waals surface area contributed by atoms with E-state index in [9.17, 15) is 4.79 Å². The maximum atomic E-state index is 13.0. The van der Waals surface area contributed by atoms with Crippen LogP contribution >= 0.6 is 0 Å². The van der Waals surface area contributed by atoms with Crippen molar-refractivity contribution in [2.75, 3.05) is 46.9 Å². The quantitative estimate of drug-likeness (QED) is 0.603. The molecular formula is C22H29NO5. The fraction of sp³-hybridized carbons (Fsp3) is 0.409. The molecule has 0 N–H and O–H groups in total. The number of hydrogen-bond donors (Lipinski definition) is 0. The van der Waals surface area contributed by atoms with Gasteiger partial charge in [-0.15, -0.1) is 0 Å². The zero-order valence-electron chi connectivity index (χ0n) is 17.4. The Balaban J connectivity index is 2.36. The number of carbonyl (C=O) groups is 1. The summed E-state index contributed by atoms with van der Waals surface area (Å²) in [7, 11) is 8.24.